The van der Waals surface area contributed by atoms with Crippen LogP contribution in [0.2, 0.25) is 0 Å². The minimum absolute atomic E-state index is 0.0262. The van der Waals surface area contributed by atoms with E-state index in [9.17, 15) is 14.7 Å². The average Bonchev–Trinajstić information content (AvgIpc) is 3.31. The second-order valence-electron chi connectivity index (χ2n) is 7.01. The zero-order valence-electron chi connectivity index (χ0n) is 14.9. The van der Waals surface area contributed by atoms with E-state index in [1.54, 1.807) is 12.1 Å². The number of nitrogens with zero attached hydrogens (tertiary/aromatic N) is 2. The Morgan fingerprint density at radius 2 is 1.85 bits per heavy atom. The topological polar surface area (TPSA) is 101 Å². The van der Waals surface area contributed by atoms with E-state index in [1.165, 1.54) is 28.5 Å². The summed E-state index contributed by atoms with van der Waals surface area (Å²) in [7, 11) is 0. The van der Waals surface area contributed by atoms with Crippen molar-refractivity contribution in [1.82, 2.24) is 10.2 Å². The summed E-state index contributed by atoms with van der Waals surface area (Å²) in [5.41, 5.74) is 6.23. The van der Waals surface area contributed by atoms with Crippen LogP contribution in [-0.4, -0.2) is 33.5 Å². The number of rotatable bonds is 5. The molecule has 1 unspecified atom stereocenters. The molecule has 7 heteroatoms. The number of benzene rings is 1. The fourth-order valence-electron chi connectivity index (χ4n) is 4.04. The highest BCUT2D eigenvalue weighted by atomic mass is 16.6. The fourth-order valence-corrected chi connectivity index (χ4v) is 4.04. The number of carboxylic acid groups (broad SMARTS) is 1. The molecule has 2 N–H and O–H groups in total. The molecule has 1 heterocycles. The molecule has 2 aliphatic carbocycles. The Kier molecular flexibility index (Phi) is 4.75. The summed E-state index contributed by atoms with van der Waals surface area (Å²) in [5.74, 6) is -1.21. The van der Waals surface area contributed by atoms with Gasteiger partial charge in [0.05, 0.1) is 11.4 Å². The molecular formula is C20H21N3O4. The smallest absolute Gasteiger partial charge is 0.412 e. The molecule has 2 aliphatic rings. The summed E-state index contributed by atoms with van der Waals surface area (Å²) in [6, 6.07) is 5.59. The van der Waals surface area contributed by atoms with E-state index in [0.717, 1.165) is 44.2 Å². The first-order chi connectivity index (χ1) is 13.1. The SMILES string of the molecule is O=C(Nc1c2c(cc3c1CCC3)CCC2)OC(Cc1cccnn1)C(=O)O. The molecule has 2 aromatic rings. The van der Waals surface area contributed by atoms with Gasteiger partial charge in [-0.2, -0.15) is 10.2 Å². The number of aliphatic carboxylic acids is 1. The molecule has 7 nitrogen and oxygen atoms in total. The normalized spacial score (nSPS) is 15.7. The fraction of sp³-hybridized carbons (Fsp3) is 0.400. The minimum atomic E-state index is -1.31. The van der Waals surface area contributed by atoms with Crippen molar-refractivity contribution in [1.29, 1.82) is 0 Å². The van der Waals surface area contributed by atoms with Gasteiger partial charge in [0.1, 0.15) is 0 Å². The monoisotopic (exact) mass is 367 g/mol. The van der Waals surface area contributed by atoms with Crippen LogP contribution >= 0.6 is 0 Å². The van der Waals surface area contributed by atoms with Crippen LogP contribution in [0.25, 0.3) is 0 Å². The lowest BCUT2D eigenvalue weighted by atomic mass is 9.99. The van der Waals surface area contributed by atoms with Crippen LogP contribution in [0.15, 0.2) is 24.4 Å². The van der Waals surface area contributed by atoms with Crippen molar-refractivity contribution < 1.29 is 19.4 Å². The Morgan fingerprint density at radius 3 is 2.44 bits per heavy atom. The molecule has 1 aromatic heterocycles. The predicted octanol–water partition coefficient (Wildman–Crippen LogP) is 2.70. The van der Waals surface area contributed by atoms with Gasteiger partial charge in [0.15, 0.2) is 0 Å². The van der Waals surface area contributed by atoms with Crippen LogP contribution < -0.4 is 5.32 Å². The van der Waals surface area contributed by atoms with Gasteiger partial charge >= 0.3 is 12.1 Å². The summed E-state index contributed by atoms with van der Waals surface area (Å²) in [5, 5.41) is 19.8. The van der Waals surface area contributed by atoms with E-state index in [-0.39, 0.29) is 6.42 Å². The first kappa shape index (κ1) is 17.5. The minimum Gasteiger partial charge on any atom is -0.478 e. The van der Waals surface area contributed by atoms with Crippen molar-refractivity contribution in [2.45, 2.75) is 51.0 Å². The lowest BCUT2D eigenvalue weighted by Crippen LogP contribution is -2.32. The predicted molar refractivity (Wildman–Crippen MR) is 97.8 cm³/mol. The number of fused-ring (bicyclic) bond motifs is 2. The third-order valence-corrected chi connectivity index (χ3v) is 5.25. The van der Waals surface area contributed by atoms with E-state index in [0.29, 0.717) is 5.69 Å². The third-order valence-electron chi connectivity index (χ3n) is 5.25. The van der Waals surface area contributed by atoms with Crippen molar-refractivity contribution in [3.05, 3.63) is 52.3 Å². The van der Waals surface area contributed by atoms with Crippen molar-refractivity contribution in [3.63, 3.8) is 0 Å². The standard InChI is InChI=1S/C20H21N3O4/c24-19(25)17(11-14-6-3-9-21-23-14)27-20(26)22-18-15-7-1-4-12(15)10-13-5-2-8-16(13)18/h3,6,9-10,17H,1-2,4-5,7-8,11H2,(H,22,26)(H,24,25). The Bertz CT molecular complexity index is 850. The van der Waals surface area contributed by atoms with Crippen molar-refractivity contribution in [2.75, 3.05) is 5.32 Å². The van der Waals surface area contributed by atoms with Gasteiger partial charge in [-0.3, -0.25) is 5.32 Å². The van der Waals surface area contributed by atoms with Gasteiger partial charge in [0, 0.05) is 12.6 Å². The molecule has 4 rings (SSSR count). The highest BCUT2D eigenvalue weighted by molar-refractivity contribution is 5.90. The first-order valence-electron chi connectivity index (χ1n) is 9.25. The maximum Gasteiger partial charge on any atom is 0.412 e. The van der Waals surface area contributed by atoms with E-state index in [1.807, 2.05) is 0 Å². The van der Waals surface area contributed by atoms with E-state index in [4.69, 9.17) is 4.74 Å². The molecule has 0 fully saturated rings. The number of hydrogen-bond acceptors (Lipinski definition) is 5. The number of anilines is 1. The maximum absolute atomic E-state index is 12.5. The van der Waals surface area contributed by atoms with E-state index in [2.05, 4.69) is 21.6 Å². The highest BCUT2D eigenvalue weighted by Crippen LogP contribution is 2.38. The molecule has 0 radical (unpaired) electrons. The summed E-state index contributed by atoms with van der Waals surface area (Å²) in [4.78, 5) is 24.0. The summed E-state index contributed by atoms with van der Waals surface area (Å²) >= 11 is 0. The molecule has 0 aliphatic heterocycles. The number of amides is 1. The van der Waals surface area contributed by atoms with Gasteiger partial charge in [-0.05, 0) is 72.9 Å². The Labute approximate surface area is 156 Å². The zero-order chi connectivity index (χ0) is 18.8. The Morgan fingerprint density at radius 1 is 1.15 bits per heavy atom. The number of nitrogens with one attached hydrogen (secondary N) is 1. The quantitative estimate of drug-likeness (QED) is 0.842. The Balaban J connectivity index is 1.52. The second kappa shape index (κ2) is 7.34. The van der Waals surface area contributed by atoms with Gasteiger partial charge in [0.25, 0.3) is 0 Å². The third kappa shape index (κ3) is 3.63. The maximum atomic E-state index is 12.5. The number of carbonyl (C=O) groups excluding carboxylic acids is 1. The molecule has 1 amide bonds. The van der Waals surface area contributed by atoms with Gasteiger partial charge < -0.3 is 9.84 Å². The number of aromatic nitrogens is 2. The van der Waals surface area contributed by atoms with Crippen LogP contribution in [0.5, 0.6) is 0 Å². The van der Waals surface area contributed by atoms with Crippen LogP contribution in [0.4, 0.5) is 10.5 Å². The largest absolute Gasteiger partial charge is 0.478 e. The lowest BCUT2D eigenvalue weighted by molar-refractivity contribution is -0.146. The van der Waals surface area contributed by atoms with Crippen LogP contribution in [0.3, 0.4) is 0 Å². The molecule has 0 saturated carbocycles. The van der Waals surface area contributed by atoms with Crippen LogP contribution in [0, 0.1) is 0 Å². The molecule has 1 aromatic carbocycles. The molecule has 27 heavy (non-hydrogen) atoms. The first-order valence-corrected chi connectivity index (χ1v) is 9.25. The average molecular weight is 367 g/mol. The van der Waals surface area contributed by atoms with Crippen LogP contribution in [0.1, 0.15) is 40.8 Å². The zero-order valence-corrected chi connectivity index (χ0v) is 14.9. The number of aryl methyl sites for hydroxylation is 2. The van der Waals surface area contributed by atoms with Gasteiger partial charge in [-0.1, -0.05) is 6.07 Å². The number of carboxylic acids is 1. The molecule has 0 bridgehead atoms. The van der Waals surface area contributed by atoms with Gasteiger partial charge in [0.2, 0.25) is 6.10 Å². The van der Waals surface area contributed by atoms with E-state index >= 15 is 0 Å². The highest BCUT2D eigenvalue weighted by Gasteiger charge is 2.28. The molecule has 0 saturated heterocycles. The second-order valence-corrected chi connectivity index (χ2v) is 7.01. The van der Waals surface area contributed by atoms with Crippen LogP contribution in [-0.2, 0) is 41.6 Å². The summed E-state index contributed by atoms with van der Waals surface area (Å²) < 4.78 is 5.22. The number of carbonyl (C=O) groups is 2. The van der Waals surface area contributed by atoms with Crippen molar-refractivity contribution >= 4 is 17.7 Å². The molecular weight excluding hydrogens is 346 g/mol. The van der Waals surface area contributed by atoms with Gasteiger partial charge in [-0.15, -0.1) is 0 Å². The summed E-state index contributed by atoms with van der Waals surface area (Å²) in [6.07, 6.45) is 5.49. The summed E-state index contributed by atoms with van der Waals surface area (Å²) in [6.45, 7) is 0. The lowest BCUT2D eigenvalue weighted by Gasteiger charge is -2.18. The number of ether oxygens (including phenoxy) is 1. The number of hydrogen-bond donors (Lipinski definition) is 2. The van der Waals surface area contributed by atoms with E-state index < -0.39 is 18.2 Å². The molecule has 0 spiro atoms. The molecule has 1 atom stereocenters. The van der Waals surface area contributed by atoms with Gasteiger partial charge in [-0.25, -0.2) is 9.59 Å². The molecule has 140 valence electrons. The van der Waals surface area contributed by atoms with Crippen molar-refractivity contribution in [3.8, 4) is 0 Å². The van der Waals surface area contributed by atoms with Crippen molar-refractivity contribution in [2.24, 2.45) is 0 Å². The Hall–Kier alpha value is -2.96.